The quantitative estimate of drug-likeness (QED) is 0.748. The molecule has 1 saturated heterocycles. The number of aromatic amines is 1. The van der Waals surface area contributed by atoms with E-state index in [4.69, 9.17) is 0 Å². The SMILES string of the molecule is O=C(Nc1ccc2nc(CN3CCCCC3)[nH]c2c1)c1ccc(F)cc1. The average molecular weight is 352 g/mol. The van der Waals surface area contributed by atoms with Crippen LogP contribution < -0.4 is 5.32 Å². The van der Waals surface area contributed by atoms with Gasteiger partial charge in [-0.05, 0) is 68.4 Å². The minimum absolute atomic E-state index is 0.266. The highest BCUT2D eigenvalue weighted by Gasteiger charge is 2.13. The molecule has 5 nitrogen and oxygen atoms in total. The zero-order valence-corrected chi connectivity index (χ0v) is 14.5. The normalized spacial score (nSPS) is 15.3. The van der Waals surface area contributed by atoms with Gasteiger partial charge in [0.15, 0.2) is 0 Å². The van der Waals surface area contributed by atoms with Gasteiger partial charge < -0.3 is 10.3 Å². The first kappa shape index (κ1) is 16.7. The van der Waals surface area contributed by atoms with Gasteiger partial charge in [0.2, 0.25) is 0 Å². The number of carbonyl (C=O) groups is 1. The number of aromatic nitrogens is 2. The lowest BCUT2D eigenvalue weighted by Gasteiger charge is -2.25. The predicted molar refractivity (Wildman–Crippen MR) is 99.6 cm³/mol. The van der Waals surface area contributed by atoms with Crippen LogP contribution in [0.4, 0.5) is 10.1 Å². The Morgan fingerprint density at radius 1 is 1.12 bits per heavy atom. The second-order valence-corrected chi connectivity index (χ2v) is 6.71. The molecule has 3 aromatic rings. The minimum atomic E-state index is -0.360. The molecule has 0 bridgehead atoms. The fraction of sp³-hybridized carbons (Fsp3) is 0.300. The maximum atomic E-state index is 13.0. The third-order valence-corrected chi connectivity index (χ3v) is 4.72. The van der Waals surface area contributed by atoms with Gasteiger partial charge in [-0.25, -0.2) is 9.37 Å². The monoisotopic (exact) mass is 352 g/mol. The van der Waals surface area contributed by atoms with E-state index >= 15 is 0 Å². The number of likely N-dealkylation sites (tertiary alicyclic amines) is 1. The smallest absolute Gasteiger partial charge is 0.255 e. The molecule has 2 aromatic carbocycles. The lowest BCUT2D eigenvalue weighted by Crippen LogP contribution is -2.29. The summed E-state index contributed by atoms with van der Waals surface area (Å²) >= 11 is 0. The summed E-state index contributed by atoms with van der Waals surface area (Å²) in [6.45, 7) is 3.07. The number of nitrogens with zero attached hydrogens (tertiary/aromatic N) is 2. The van der Waals surface area contributed by atoms with Gasteiger partial charge in [0.25, 0.3) is 5.91 Å². The lowest BCUT2D eigenvalue weighted by atomic mass is 10.1. The standard InChI is InChI=1S/C20H21FN4O/c21-15-6-4-14(5-7-15)20(26)22-16-8-9-17-18(12-16)24-19(23-17)13-25-10-2-1-3-11-25/h4-9,12H,1-3,10-11,13H2,(H,22,26)(H,23,24). The van der Waals surface area contributed by atoms with E-state index < -0.39 is 0 Å². The van der Waals surface area contributed by atoms with Crippen LogP contribution in [0.5, 0.6) is 0 Å². The van der Waals surface area contributed by atoms with Crippen molar-refractivity contribution in [2.75, 3.05) is 18.4 Å². The van der Waals surface area contributed by atoms with Crippen LogP contribution >= 0.6 is 0 Å². The average Bonchev–Trinajstić information content (AvgIpc) is 3.04. The van der Waals surface area contributed by atoms with Crippen LogP contribution in [0.2, 0.25) is 0 Å². The van der Waals surface area contributed by atoms with Crippen molar-refractivity contribution in [3.05, 3.63) is 59.7 Å². The van der Waals surface area contributed by atoms with Gasteiger partial charge in [-0.15, -0.1) is 0 Å². The summed E-state index contributed by atoms with van der Waals surface area (Å²) in [5.41, 5.74) is 2.88. The van der Waals surface area contributed by atoms with Crippen molar-refractivity contribution < 1.29 is 9.18 Å². The number of benzene rings is 2. The molecular weight excluding hydrogens is 331 g/mol. The van der Waals surface area contributed by atoms with E-state index in [1.807, 2.05) is 18.2 Å². The van der Waals surface area contributed by atoms with Crippen LogP contribution in [-0.2, 0) is 6.54 Å². The second-order valence-electron chi connectivity index (χ2n) is 6.71. The van der Waals surface area contributed by atoms with Crippen molar-refractivity contribution in [2.24, 2.45) is 0 Å². The van der Waals surface area contributed by atoms with E-state index in [2.05, 4.69) is 20.2 Å². The van der Waals surface area contributed by atoms with Gasteiger partial charge in [-0.2, -0.15) is 0 Å². The summed E-state index contributed by atoms with van der Waals surface area (Å²) in [5.74, 6) is 0.322. The van der Waals surface area contributed by atoms with Crippen LogP contribution in [0.25, 0.3) is 11.0 Å². The summed E-state index contributed by atoms with van der Waals surface area (Å²) < 4.78 is 13.0. The molecule has 134 valence electrons. The molecule has 0 spiro atoms. The molecule has 2 N–H and O–H groups in total. The number of piperidine rings is 1. The number of hydrogen-bond donors (Lipinski definition) is 2. The number of rotatable bonds is 4. The minimum Gasteiger partial charge on any atom is -0.341 e. The largest absolute Gasteiger partial charge is 0.341 e. The van der Waals surface area contributed by atoms with Crippen molar-refractivity contribution in [1.29, 1.82) is 0 Å². The lowest BCUT2D eigenvalue weighted by molar-refractivity contribution is 0.102. The fourth-order valence-electron chi connectivity index (χ4n) is 3.35. The first-order valence-corrected chi connectivity index (χ1v) is 8.95. The Morgan fingerprint density at radius 3 is 2.65 bits per heavy atom. The molecule has 4 rings (SSSR count). The number of fused-ring (bicyclic) bond motifs is 1. The number of anilines is 1. The van der Waals surface area contributed by atoms with Crippen LogP contribution in [-0.4, -0.2) is 33.9 Å². The van der Waals surface area contributed by atoms with Crippen LogP contribution in [0.15, 0.2) is 42.5 Å². The number of imidazole rings is 1. The zero-order chi connectivity index (χ0) is 17.9. The summed E-state index contributed by atoms with van der Waals surface area (Å²) in [5, 5.41) is 2.84. The summed E-state index contributed by atoms with van der Waals surface area (Å²) in [6.07, 6.45) is 3.81. The van der Waals surface area contributed by atoms with Gasteiger partial charge in [-0.3, -0.25) is 9.69 Å². The molecule has 6 heteroatoms. The molecule has 0 atom stereocenters. The Kier molecular flexibility index (Phi) is 4.67. The molecule has 0 radical (unpaired) electrons. The third-order valence-electron chi connectivity index (χ3n) is 4.72. The predicted octanol–water partition coefficient (Wildman–Crippen LogP) is 3.94. The molecule has 1 amide bonds. The second kappa shape index (κ2) is 7.25. The number of nitrogens with one attached hydrogen (secondary N) is 2. The van der Waals surface area contributed by atoms with E-state index in [-0.39, 0.29) is 11.7 Å². The van der Waals surface area contributed by atoms with Gasteiger partial charge >= 0.3 is 0 Å². The first-order valence-electron chi connectivity index (χ1n) is 8.95. The Balaban J connectivity index is 1.48. The van der Waals surface area contributed by atoms with Crippen molar-refractivity contribution in [1.82, 2.24) is 14.9 Å². The molecule has 1 aromatic heterocycles. The highest BCUT2D eigenvalue weighted by atomic mass is 19.1. The Morgan fingerprint density at radius 2 is 1.88 bits per heavy atom. The molecule has 0 saturated carbocycles. The van der Waals surface area contributed by atoms with Crippen LogP contribution in [0, 0.1) is 5.82 Å². The molecular formula is C20H21FN4O. The molecule has 26 heavy (non-hydrogen) atoms. The maximum absolute atomic E-state index is 13.0. The number of amides is 1. The molecule has 1 aliphatic rings. The van der Waals surface area contributed by atoms with Crippen molar-refractivity contribution in [2.45, 2.75) is 25.8 Å². The van der Waals surface area contributed by atoms with Crippen molar-refractivity contribution >= 4 is 22.6 Å². The summed E-state index contributed by atoms with van der Waals surface area (Å²) in [6, 6.07) is 11.1. The highest BCUT2D eigenvalue weighted by molar-refractivity contribution is 6.04. The van der Waals surface area contributed by atoms with E-state index in [1.165, 1.54) is 43.5 Å². The molecule has 0 aliphatic carbocycles. The number of H-pyrrole nitrogens is 1. The van der Waals surface area contributed by atoms with Crippen LogP contribution in [0.3, 0.4) is 0 Å². The van der Waals surface area contributed by atoms with E-state index in [0.29, 0.717) is 11.3 Å². The Hall–Kier alpha value is -2.73. The third kappa shape index (κ3) is 3.75. The van der Waals surface area contributed by atoms with Gasteiger partial charge in [-0.1, -0.05) is 6.42 Å². The Labute approximate surface area is 151 Å². The molecule has 0 unspecified atom stereocenters. The van der Waals surface area contributed by atoms with E-state index in [0.717, 1.165) is 36.5 Å². The van der Waals surface area contributed by atoms with Gasteiger partial charge in [0.05, 0.1) is 17.6 Å². The summed E-state index contributed by atoms with van der Waals surface area (Å²) in [7, 11) is 0. The fourth-order valence-corrected chi connectivity index (χ4v) is 3.35. The number of hydrogen-bond acceptors (Lipinski definition) is 3. The van der Waals surface area contributed by atoms with Gasteiger partial charge in [0.1, 0.15) is 11.6 Å². The molecule has 1 fully saturated rings. The Bertz CT molecular complexity index is 913. The van der Waals surface area contributed by atoms with E-state index in [1.54, 1.807) is 0 Å². The highest BCUT2D eigenvalue weighted by Crippen LogP contribution is 2.20. The van der Waals surface area contributed by atoms with Crippen molar-refractivity contribution in [3.63, 3.8) is 0 Å². The maximum Gasteiger partial charge on any atom is 0.255 e. The van der Waals surface area contributed by atoms with Crippen LogP contribution in [0.1, 0.15) is 35.4 Å². The molecule has 2 heterocycles. The number of halogens is 1. The van der Waals surface area contributed by atoms with Gasteiger partial charge in [0, 0.05) is 11.3 Å². The number of carbonyl (C=O) groups excluding carboxylic acids is 1. The molecule has 1 aliphatic heterocycles. The topological polar surface area (TPSA) is 61.0 Å². The zero-order valence-electron chi connectivity index (χ0n) is 14.5. The van der Waals surface area contributed by atoms with E-state index in [9.17, 15) is 9.18 Å². The summed E-state index contributed by atoms with van der Waals surface area (Å²) in [4.78, 5) is 22.7. The van der Waals surface area contributed by atoms with Crippen molar-refractivity contribution in [3.8, 4) is 0 Å². The first-order chi connectivity index (χ1) is 12.7.